The van der Waals surface area contributed by atoms with E-state index in [-0.39, 0.29) is 23.4 Å². The Balaban J connectivity index is 2.07. The van der Waals surface area contributed by atoms with Crippen LogP contribution in [0.15, 0.2) is 33.2 Å². The molecule has 0 bridgehead atoms. The van der Waals surface area contributed by atoms with Crippen LogP contribution in [0.5, 0.6) is 0 Å². The number of hydrogen-bond donors (Lipinski definition) is 2. The first-order chi connectivity index (χ1) is 9.88. The van der Waals surface area contributed by atoms with Gasteiger partial charge in [-0.2, -0.15) is 0 Å². The fourth-order valence-electron chi connectivity index (χ4n) is 1.78. The predicted molar refractivity (Wildman–Crippen MR) is 75.7 cm³/mol. The summed E-state index contributed by atoms with van der Waals surface area (Å²) >= 11 is 3.11. The molecule has 2 N–H and O–H groups in total. The first-order valence-corrected chi connectivity index (χ1v) is 6.73. The fraction of sp³-hybridized carbons (Fsp3) is 0.143. The van der Waals surface area contributed by atoms with E-state index in [0.717, 1.165) is 0 Å². The summed E-state index contributed by atoms with van der Waals surface area (Å²) < 4.78 is 18.5. The van der Waals surface area contributed by atoms with Crippen LogP contribution in [0.1, 0.15) is 32.2 Å². The molecule has 1 amide bonds. The molecule has 1 aromatic carbocycles. The topological polar surface area (TPSA) is 79.5 Å². The lowest BCUT2D eigenvalue weighted by molar-refractivity contribution is 0.0694. The molecule has 0 saturated heterocycles. The van der Waals surface area contributed by atoms with E-state index in [0.29, 0.717) is 10.2 Å². The largest absolute Gasteiger partial charge is 0.478 e. The lowest BCUT2D eigenvalue weighted by Crippen LogP contribution is -2.23. The minimum atomic E-state index is -1.09. The second kappa shape index (κ2) is 6.09. The van der Waals surface area contributed by atoms with E-state index in [1.54, 1.807) is 0 Å². The molecule has 0 unspecified atom stereocenters. The summed E-state index contributed by atoms with van der Waals surface area (Å²) in [5, 5.41) is 11.5. The van der Waals surface area contributed by atoms with Crippen LogP contribution >= 0.6 is 15.9 Å². The molecule has 1 heterocycles. The van der Waals surface area contributed by atoms with Gasteiger partial charge < -0.3 is 14.8 Å². The number of rotatable bonds is 4. The Labute approximate surface area is 127 Å². The van der Waals surface area contributed by atoms with E-state index in [1.165, 1.54) is 31.2 Å². The smallest absolute Gasteiger partial charge is 0.339 e. The van der Waals surface area contributed by atoms with Crippen molar-refractivity contribution in [2.24, 2.45) is 0 Å². The number of aryl methyl sites for hydroxylation is 1. The number of furan rings is 1. The Hall–Kier alpha value is -2.15. The number of amides is 1. The van der Waals surface area contributed by atoms with Gasteiger partial charge in [-0.05, 0) is 47.1 Å². The minimum Gasteiger partial charge on any atom is -0.478 e. The molecule has 0 spiro atoms. The third kappa shape index (κ3) is 3.49. The van der Waals surface area contributed by atoms with Gasteiger partial charge in [-0.25, -0.2) is 9.18 Å². The zero-order valence-electron chi connectivity index (χ0n) is 10.9. The molecule has 7 heteroatoms. The maximum Gasteiger partial charge on any atom is 0.339 e. The summed E-state index contributed by atoms with van der Waals surface area (Å²) in [5.41, 5.74) is 0.334. The second-order valence-electron chi connectivity index (χ2n) is 4.29. The number of carboxylic acids is 1. The van der Waals surface area contributed by atoms with Crippen molar-refractivity contribution in [3.63, 3.8) is 0 Å². The van der Waals surface area contributed by atoms with Crippen LogP contribution in [0, 0.1) is 12.7 Å². The first-order valence-electron chi connectivity index (χ1n) is 5.94. The second-order valence-corrected chi connectivity index (χ2v) is 5.15. The molecule has 0 radical (unpaired) electrons. The minimum absolute atomic E-state index is 0.0385. The Bertz CT molecular complexity index is 711. The Kier molecular flexibility index (Phi) is 4.42. The molecule has 0 aliphatic carbocycles. The van der Waals surface area contributed by atoms with Crippen LogP contribution in [0.2, 0.25) is 0 Å². The monoisotopic (exact) mass is 355 g/mol. The van der Waals surface area contributed by atoms with Gasteiger partial charge in [-0.1, -0.05) is 0 Å². The van der Waals surface area contributed by atoms with Crippen molar-refractivity contribution >= 4 is 27.8 Å². The molecule has 0 aliphatic heterocycles. The summed E-state index contributed by atoms with van der Waals surface area (Å²) in [4.78, 5) is 22.8. The quantitative estimate of drug-likeness (QED) is 0.882. The molecule has 2 aromatic rings. The third-order valence-electron chi connectivity index (χ3n) is 2.80. The number of halogens is 2. The van der Waals surface area contributed by atoms with Crippen LogP contribution in [0.3, 0.4) is 0 Å². The highest BCUT2D eigenvalue weighted by Crippen LogP contribution is 2.18. The molecule has 0 atom stereocenters. The van der Waals surface area contributed by atoms with Gasteiger partial charge in [0, 0.05) is 4.47 Å². The highest BCUT2D eigenvalue weighted by Gasteiger charge is 2.15. The highest BCUT2D eigenvalue weighted by atomic mass is 79.9. The van der Waals surface area contributed by atoms with Crippen molar-refractivity contribution in [3.05, 3.63) is 57.2 Å². The van der Waals surface area contributed by atoms with Gasteiger partial charge in [-0.3, -0.25) is 4.79 Å². The summed E-state index contributed by atoms with van der Waals surface area (Å²) in [6.45, 7) is 1.57. The molecule has 2 rings (SSSR count). The van der Waals surface area contributed by atoms with Gasteiger partial charge in [-0.15, -0.1) is 0 Å². The summed E-state index contributed by atoms with van der Waals surface area (Å²) in [5.74, 6) is -1.36. The number of benzene rings is 1. The average molecular weight is 356 g/mol. The molecule has 110 valence electrons. The first kappa shape index (κ1) is 15.2. The van der Waals surface area contributed by atoms with Gasteiger partial charge >= 0.3 is 5.97 Å². The normalized spacial score (nSPS) is 10.4. The number of carboxylic acid groups (broad SMARTS) is 1. The van der Waals surface area contributed by atoms with Crippen molar-refractivity contribution in [3.8, 4) is 0 Å². The van der Waals surface area contributed by atoms with Gasteiger partial charge in [0.1, 0.15) is 22.9 Å². The van der Waals surface area contributed by atoms with Gasteiger partial charge in [0.25, 0.3) is 5.91 Å². The average Bonchev–Trinajstić information content (AvgIpc) is 2.77. The SMILES string of the molecule is Cc1oc(CNC(=O)c2ccc(F)cc2Br)cc1C(=O)O. The summed E-state index contributed by atoms with van der Waals surface area (Å²) in [7, 11) is 0. The number of hydrogen-bond acceptors (Lipinski definition) is 3. The predicted octanol–water partition coefficient (Wildman–Crippen LogP) is 3.12. The lowest BCUT2D eigenvalue weighted by atomic mass is 10.2. The van der Waals surface area contributed by atoms with E-state index in [1.807, 2.05) is 0 Å². The number of aromatic carboxylic acids is 1. The Morgan fingerprint density at radius 1 is 1.33 bits per heavy atom. The highest BCUT2D eigenvalue weighted by molar-refractivity contribution is 9.10. The standard InChI is InChI=1S/C14H11BrFNO4/c1-7-11(14(19)20)5-9(21-7)6-17-13(18)10-3-2-8(16)4-12(10)15/h2-5H,6H2,1H3,(H,17,18)(H,19,20). The molecular weight excluding hydrogens is 345 g/mol. The molecule has 0 aliphatic rings. The lowest BCUT2D eigenvalue weighted by Gasteiger charge is -2.05. The maximum absolute atomic E-state index is 13.0. The van der Waals surface area contributed by atoms with Crippen molar-refractivity contribution in [1.82, 2.24) is 5.32 Å². The summed E-state index contributed by atoms with van der Waals surface area (Å²) in [6.07, 6.45) is 0. The van der Waals surface area contributed by atoms with Crippen LogP contribution in [-0.4, -0.2) is 17.0 Å². The van der Waals surface area contributed by atoms with E-state index in [4.69, 9.17) is 9.52 Å². The molecule has 1 aromatic heterocycles. The van der Waals surface area contributed by atoms with Gasteiger partial charge in [0.15, 0.2) is 0 Å². The zero-order chi connectivity index (χ0) is 15.6. The van der Waals surface area contributed by atoms with Crippen LogP contribution in [0.4, 0.5) is 4.39 Å². The van der Waals surface area contributed by atoms with E-state index in [9.17, 15) is 14.0 Å². The van der Waals surface area contributed by atoms with Crippen molar-refractivity contribution < 1.29 is 23.5 Å². The van der Waals surface area contributed by atoms with E-state index >= 15 is 0 Å². The van der Waals surface area contributed by atoms with Crippen molar-refractivity contribution in [2.75, 3.05) is 0 Å². The van der Waals surface area contributed by atoms with E-state index < -0.39 is 17.7 Å². The Morgan fingerprint density at radius 3 is 2.62 bits per heavy atom. The molecule has 0 saturated carbocycles. The zero-order valence-corrected chi connectivity index (χ0v) is 12.5. The number of carbonyl (C=O) groups excluding carboxylic acids is 1. The fourth-order valence-corrected chi connectivity index (χ4v) is 2.31. The van der Waals surface area contributed by atoms with Crippen LogP contribution in [0.25, 0.3) is 0 Å². The van der Waals surface area contributed by atoms with E-state index in [2.05, 4.69) is 21.2 Å². The molecular formula is C14H11BrFNO4. The van der Waals surface area contributed by atoms with Crippen LogP contribution < -0.4 is 5.32 Å². The molecule has 0 fully saturated rings. The molecule has 5 nitrogen and oxygen atoms in total. The number of carbonyl (C=O) groups is 2. The van der Waals surface area contributed by atoms with Crippen molar-refractivity contribution in [2.45, 2.75) is 13.5 Å². The van der Waals surface area contributed by atoms with Gasteiger partial charge in [0.2, 0.25) is 0 Å². The number of nitrogens with one attached hydrogen (secondary N) is 1. The Morgan fingerprint density at radius 2 is 2.05 bits per heavy atom. The van der Waals surface area contributed by atoms with Crippen LogP contribution in [-0.2, 0) is 6.54 Å². The maximum atomic E-state index is 13.0. The van der Waals surface area contributed by atoms with Crippen molar-refractivity contribution in [1.29, 1.82) is 0 Å². The summed E-state index contributed by atoms with van der Waals surface area (Å²) in [6, 6.07) is 5.08. The van der Waals surface area contributed by atoms with Gasteiger partial charge in [0.05, 0.1) is 12.1 Å². The molecule has 21 heavy (non-hydrogen) atoms. The third-order valence-corrected chi connectivity index (χ3v) is 3.45.